The number of rotatable bonds is 6. The quantitative estimate of drug-likeness (QED) is 0.426. The average molecular weight is 408 g/mol. The fraction of sp³-hybridized carbons (Fsp3) is 0.0870. The first-order chi connectivity index (χ1) is 15.3. The highest BCUT2D eigenvalue weighted by Crippen LogP contribution is 2.23. The van der Waals surface area contributed by atoms with Gasteiger partial charge in [0.05, 0.1) is 17.1 Å². The number of aromatic nitrogens is 6. The zero-order valence-corrected chi connectivity index (χ0v) is 16.8. The van der Waals surface area contributed by atoms with Crippen LogP contribution in [0, 0.1) is 0 Å². The van der Waals surface area contributed by atoms with E-state index in [1.165, 1.54) is 11.9 Å². The molecule has 31 heavy (non-hydrogen) atoms. The van der Waals surface area contributed by atoms with Crippen LogP contribution in [0.25, 0.3) is 16.9 Å². The average Bonchev–Trinajstić information content (AvgIpc) is 3.24. The second-order valence-electron chi connectivity index (χ2n) is 7.05. The molecule has 0 saturated carbocycles. The summed E-state index contributed by atoms with van der Waals surface area (Å²) in [5.74, 6) is 2.04. The van der Waals surface area contributed by atoms with E-state index in [0.29, 0.717) is 5.95 Å². The minimum atomic E-state index is 0.0893. The van der Waals surface area contributed by atoms with Gasteiger partial charge < -0.3 is 10.6 Å². The van der Waals surface area contributed by atoms with Crippen molar-refractivity contribution in [2.45, 2.75) is 13.0 Å². The molecule has 8 heteroatoms. The van der Waals surface area contributed by atoms with Crippen molar-refractivity contribution in [2.75, 3.05) is 10.6 Å². The molecule has 5 rings (SSSR count). The molecule has 0 spiro atoms. The van der Waals surface area contributed by atoms with Crippen LogP contribution in [0.2, 0.25) is 0 Å². The molecule has 1 atom stereocenters. The summed E-state index contributed by atoms with van der Waals surface area (Å²) < 4.78 is 1.95. The zero-order valence-electron chi connectivity index (χ0n) is 16.8. The number of fused-ring (bicyclic) bond motifs is 1. The standard InChI is InChI=1S/C23H20N8/c1-16(17-5-3-2-4-6-17)28-23-25-12-10-22(30-23)31-15-27-19-13-18(7-8-20(19)31)29-21-9-11-24-14-26-21/h2-16H,1H3,(H,24,26,29)(H,25,28,30). The Morgan fingerprint density at radius 2 is 1.81 bits per heavy atom. The van der Waals surface area contributed by atoms with Crippen LogP contribution in [0.1, 0.15) is 18.5 Å². The molecule has 8 nitrogen and oxygen atoms in total. The second-order valence-corrected chi connectivity index (χ2v) is 7.05. The van der Waals surface area contributed by atoms with Gasteiger partial charge in [0.15, 0.2) is 0 Å². The Bertz CT molecular complexity index is 1300. The van der Waals surface area contributed by atoms with Crippen molar-refractivity contribution in [3.8, 4) is 5.82 Å². The van der Waals surface area contributed by atoms with E-state index < -0.39 is 0 Å². The van der Waals surface area contributed by atoms with E-state index in [4.69, 9.17) is 0 Å². The van der Waals surface area contributed by atoms with E-state index in [0.717, 1.165) is 28.4 Å². The predicted molar refractivity (Wildman–Crippen MR) is 120 cm³/mol. The first-order valence-corrected chi connectivity index (χ1v) is 9.91. The second kappa shape index (κ2) is 8.19. The lowest BCUT2D eigenvalue weighted by Gasteiger charge is -2.14. The molecule has 152 valence electrons. The molecule has 3 heterocycles. The van der Waals surface area contributed by atoms with Gasteiger partial charge in [-0.2, -0.15) is 4.98 Å². The molecule has 2 aromatic carbocycles. The number of nitrogens with one attached hydrogen (secondary N) is 2. The van der Waals surface area contributed by atoms with Crippen molar-refractivity contribution in [1.82, 2.24) is 29.5 Å². The van der Waals surface area contributed by atoms with Gasteiger partial charge in [-0.3, -0.25) is 4.57 Å². The maximum atomic E-state index is 4.69. The molecule has 3 aromatic heterocycles. The van der Waals surface area contributed by atoms with E-state index in [-0.39, 0.29) is 6.04 Å². The number of imidazole rings is 1. The van der Waals surface area contributed by atoms with Gasteiger partial charge in [-0.15, -0.1) is 0 Å². The number of hydrogen-bond donors (Lipinski definition) is 2. The molecule has 0 aliphatic carbocycles. The maximum absolute atomic E-state index is 4.69. The largest absolute Gasteiger partial charge is 0.348 e. The summed E-state index contributed by atoms with van der Waals surface area (Å²) in [4.78, 5) is 21.7. The predicted octanol–water partition coefficient (Wildman–Crippen LogP) is 4.52. The maximum Gasteiger partial charge on any atom is 0.225 e. The summed E-state index contributed by atoms with van der Waals surface area (Å²) >= 11 is 0. The van der Waals surface area contributed by atoms with Gasteiger partial charge in [-0.05, 0) is 42.8 Å². The Morgan fingerprint density at radius 1 is 0.903 bits per heavy atom. The molecular weight excluding hydrogens is 388 g/mol. The van der Waals surface area contributed by atoms with E-state index >= 15 is 0 Å². The fourth-order valence-corrected chi connectivity index (χ4v) is 3.36. The van der Waals surface area contributed by atoms with Gasteiger partial charge in [0.1, 0.15) is 24.3 Å². The number of benzene rings is 2. The van der Waals surface area contributed by atoms with Crippen molar-refractivity contribution < 1.29 is 0 Å². The van der Waals surface area contributed by atoms with Crippen LogP contribution < -0.4 is 10.6 Å². The van der Waals surface area contributed by atoms with Crippen LogP contribution in [0.15, 0.2) is 85.7 Å². The van der Waals surface area contributed by atoms with Crippen LogP contribution in [-0.2, 0) is 0 Å². The third-order valence-electron chi connectivity index (χ3n) is 4.93. The Morgan fingerprint density at radius 3 is 2.65 bits per heavy atom. The highest BCUT2D eigenvalue weighted by atomic mass is 15.2. The molecule has 0 amide bonds. The summed E-state index contributed by atoms with van der Waals surface area (Å²) in [6.45, 7) is 2.09. The van der Waals surface area contributed by atoms with E-state index in [1.54, 1.807) is 18.7 Å². The van der Waals surface area contributed by atoms with Crippen molar-refractivity contribution in [3.05, 3.63) is 91.3 Å². The molecule has 5 aromatic rings. The molecule has 0 aliphatic rings. The molecule has 0 fully saturated rings. The topological polar surface area (TPSA) is 93.4 Å². The van der Waals surface area contributed by atoms with Crippen molar-refractivity contribution in [1.29, 1.82) is 0 Å². The van der Waals surface area contributed by atoms with Gasteiger partial charge in [0, 0.05) is 18.1 Å². The van der Waals surface area contributed by atoms with E-state index in [9.17, 15) is 0 Å². The van der Waals surface area contributed by atoms with Gasteiger partial charge in [-0.25, -0.2) is 19.9 Å². The van der Waals surface area contributed by atoms with Gasteiger partial charge in [0.2, 0.25) is 5.95 Å². The summed E-state index contributed by atoms with van der Waals surface area (Å²) in [5, 5.41) is 6.62. The third kappa shape index (κ3) is 4.04. The lowest BCUT2D eigenvalue weighted by Crippen LogP contribution is -2.10. The van der Waals surface area contributed by atoms with Crippen LogP contribution in [0.3, 0.4) is 0 Å². The SMILES string of the molecule is CC(Nc1nccc(-n2cnc3cc(Nc4ccncn4)ccc32)n1)c1ccccc1. The summed E-state index contributed by atoms with van der Waals surface area (Å²) in [6.07, 6.45) is 6.72. The first kappa shape index (κ1) is 18.7. The normalized spacial score (nSPS) is 11.9. The molecule has 0 radical (unpaired) electrons. The Labute approximate surface area is 179 Å². The van der Waals surface area contributed by atoms with Crippen molar-refractivity contribution in [2.24, 2.45) is 0 Å². The molecule has 0 aliphatic heterocycles. The van der Waals surface area contributed by atoms with Crippen LogP contribution >= 0.6 is 0 Å². The van der Waals surface area contributed by atoms with Crippen molar-refractivity contribution >= 4 is 28.5 Å². The number of hydrogen-bond acceptors (Lipinski definition) is 7. The van der Waals surface area contributed by atoms with E-state index in [1.807, 2.05) is 53.1 Å². The molecular formula is C23H20N8. The highest BCUT2D eigenvalue weighted by molar-refractivity contribution is 5.81. The van der Waals surface area contributed by atoms with E-state index in [2.05, 4.69) is 54.6 Å². The Balaban J connectivity index is 1.40. The number of anilines is 3. The van der Waals surface area contributed by atoms with Crippen LogP contribution in [0.5, 0.6) is 0 Å². The van der Waals surface area contributed by atoms with Gasteiger partial charge in [-0.1, -0.05) is 30.3 Å². The number of nitrogens with zero attached hydrogens (tertiary/aromatic N) is 6. The third-order valence-corrected chi connectivity index (χ3v) is 4.93. The lowest BCUT2D eigenvalue weighted by atomic mass is 10.1. The summed E-state index contributed by atoms with van der Waals surface area (Å²) in [6, 6.07) is 20.0. The molecule has 2 N–H and O–H groups in total. The fourth-order valence-electron chi connectivity index (χ4n) is 3.36. The van der Waals surface area contributed by atoms with Gasteiger partial charge in [0.25, 0.3) is 0 Å². The zero-order chi connectivity index (χ0) is 21.0. The minimum absolute atomic E-state index is 0.0893. The molecule has 1 unspecified atom stereocenters. The highest BCUT2D eigenvalue weighted by Gasteiger charge is 2.10. The van der Waals surface area contributed by atoms with Gasteiger partial charge >= 0.3 is 0 Å². The minimum Gasteiger partial charge on any atom is -0.348 e. The monoisotopic (exact) mass is 408 g/mol. The molecule has 0 saturated heterocycles. The summed E-state index contributed by atoms with van der Waals surface area (Å²) in [5.41, 5.74) is 3.88. The smallest absolute Gasteiger partial charge is 0.225 e. The molecule has 0 bridgehead atoms. The lowest BCUT2D eigenvalue weighted by molar-refractivity contribution is 0.854. The Kier molecular flexibility index (Phi) is 4.94. The van der Waals surface area contributed by atoms with Crippen LogP contribution in [-0.4, -0.2) is 29.5 Å². The first-order valence-electron chi connectivity index (χ1n) is 9.91. The summed E-state index contributed by atoms with van der Waals surface area (Å²) in [7, 11) is 0. The van der Waals surface area contributed by atoms with Crippen molar-refractivity contribution in [3.63, 3.8) is 0 Å². The van der Waals surface area contributed by atoms with Crippen LogP contribution in [0.4, 0.5) is 17.5 Å². The Hall–Kier alpha value is -4.33.